The molecule has 4 nitrogen and oxygen atoms in total. The van der Waals surface area contributed by atoms with Gasteiger partial charge >= 0.3 is 0 Å². The quantitative estimate of drug-likeness (QED) is 0.904. The Hall–Kier alpha value is -1.59. The molecule has 0 aliphatic carbocycles. The molecule has 1 amide bonds. The molecule has 0 bridgehead atoms. The molecule has 0 radical (unpaired) electrons. The van der Waals surface area contributed by atoms with Gasteiger partial charge in [0.15, 0.2) is 0 Å². The number of hydrogen-bond acceptors (Lipinski definition) is 4. The second-order valence-corrected chi connectivity index (χ2v) is 5.21. The maximum atomic E-state index is 11.7. The molecule has 2 aromatic heterocycles. The van der Waals surface area contributed by atoms with Crippen molar-refractivity contribution in [2.75, 3.05) is 13.7 Å². The molecule has 1 atom stereocenters. The number of nitrogens with one attached hydrogen (secondary N) is 1. The molecule has 0 aliphatic rings. The highest BCUT2D eigenvalue weighted by molar-refractivity contribution is 7.12. The van der Waals surface area contributed by atoms with Gasteiger partial charge in [0.05, 0.1) is 11.8 Å². The first-order chi connectivity index (χ1) is 8.70. The number of ether oxygens (including phenoxy) is 1. The van der Waals surface area contributed by atoms with E-state index in [1.807, 2.05) is 19.1 Å². The molecule has 0 aliphatic heterocycles. The summed E-state index contributed by atoms with van der Waals surface area (Å²) in [5, 5.41) is 2.83. The standard InChI is InChI=1S/C13H15NO3S/c1-9-3-4-12(18-9)11(16-2)7-14-13(15)10-5-6-17-8-10/h3-6,8,11H,7H2,1-2H3,(H,14,15)/t11-/m0/s1. The largest absolute Gasteiger partial charge is 0.472 e. The Bertz CT molecular complexity index is 504. The molecule has 0 unspecified atom stereocenters. The zero-order chi connectivity index (χ0) is 13.0. The molecule has 0 saturated carbocycles. The molecule has 5 heteroatoms. The minimum atomic E-state index is -0.154. The Morgan fingerprint density at radius 3 is 2.89 bits per heavy atom. The average molecular weight is 265 g/mol. The minimum absolute atomic E-state index is 0.112. The summed E-state index contributed by atoms with van der Waals surface area (Å²) < 4.78 is 10.3. The van der Waals surface area contributed by atoms with Crippen LogP contribution in [0.15, 0.2) is 35.1 Å². The average Bonchev–Trinajstić information content (AvgIpc) is 3.01. The van der Waals surface area contributed by atoms with E-state index >= 15 is 0 Å². The Kier molecular flexibility index (Phi) is 4.17. The third kappa shape index (κ3) is 3.00. The highest BCUT2D eigenvalue weighted by Gasteiger charge is 2.14. The predicted octanol–water partition coefficient (Wildman–Crippen LogP) is 2.77. The fourth-order valence-corrected chi connectivity index (χ4v) is 2.56. The zero-order valence-corrected chi connectivity index (χ0v) is 11.1. The number of methoxy groups -OCH3 is 1. The maximum absolute atomic E-state index is 11.7. The van der Waals surface area contributed by atoms with E-state index in [2.05, 4.69) is 5.32 Å². The van der Waals surface area contributed by atoms with Gasteiger partial charge in [-0.1, -0.05) is 0 Å². The van der Waals surface area contributed by atoms with Crippen LogP contribution in [0.25, 0.3) is 0 Å². The molecule has 2 aromatic rings. The Morgan fingerprint density at radius 1 is 1.50 bits per heavy atom. The van der Waals surface area contributed by atoms with Crippen LogP contribution in [-0.4, -0.2) is 19.6 Å². The molecule has 0 aromatic carbocycles. The Morgan fingerprint density at radius 2 is 2.33 bits per heavy atom. The lowest BCUT2D eigenvalue weighted by molar-refractivity contribution is 0.0837. The Balaban J connectivity index is 1.94. The topological polar surface area (TPSA) is 51.5 Å². The van der Waals surface area contributed by atoms with Gasteiger partial charge in [0.1, 0.15) is 12.4 Å². The van der Waals surface area contributed by atoms with E-state index in [0.717, 1.165) is 4.88 Å². The fourth-order valence-electron chi connectivity index (χ4n) is 1.61. The van der Waals surface area contributed by atoms with E-state index < -0.39 is 0 Å². The van der Waals surface area contributed by atoms with Crippen LogP contribution in [-0.2, 0) is 4.74 Å². The second-order valence-electron chi connectivity index (χ2n) is 3.89. The second kappa shape index (κ2) is 5.84. The summed E-state index contributed by atoms with van der Waals surface area (Å²) in [7, 11) is 1.64. The van der Waals surface area contributed by atoms with Crippen molar-refractivity contribution in [1.82, 2.24) is 5.32 Å². The first-order valence-electron chi connectivity index (χ1n) is 5.60. The van der Waals surface area contributed by atoms with Gasteiger partial charge in [0.25, 0.3) is 5.91 Å². The van der Waals surface area contributed by atoms with Gasteiger partial charge < -0.3 is 14.5 Å². The normalized spacial score (nSPS) is 12.3. The van der Waals surface area contributed by atoms with Crippen molar-refractivity contribution in [1.29, 1.82) is 0 Å². The number of amides is 1. The first kappa shape index (κ1) is 12.9. The highest BCUT2D eigenvalue weighted by Crippen LogP contribution is 2.24. The number of furan rings is 1. The third-order valence-corrected chi connectivity index (χ3v) is 3.69. The van der Waals surface area contributed by atoms with Crippen LogP contribution < -0.4 is 5.32 Å². The number of hydrogen-bond donors (Lipinski definition) is 1. The summed E-state index contributed by atoms with van der Waals surface area (Å²) >= 11 is 1.67. The number of rotatable bonds is 5. The molecule has 0 fully saturated rings. The molecular formula is C13H15NO3S. The van der Waals surface area contributed by atoms with E-state index in [1.165, 1.54) is 17.4 Å². The number of carbonyl (C=O) groups excluding carboxylic acids is 1. The van der Waals surface area contributed by atoms with Gasteiger partial charge in [-0.25, -0.2) is 0 Å². The molecule has 1 N–H and O–H groups in total. The highest BCUT2D eigenvalue weighted by atomic mass is 32.1. The summed E-state index contributed by atoms with van der Waals surface area (Å²) in [5.74, 6) is -0.154. The van der Waals surface area contributed by atoms with E-state index in [4.69, 9.17) is 9.15 Å². The summed E-state index contributed by atoms with van der Waals surface area (Å²) in [6.07, 6.45) is 2.79. The minimum Gasteiger partial charge on any atom is -0.472 e. The molecule has 18 heavy (non-hydrogen) atoms. The van der Waals surface area contributed by atoms with Crippen LogP contribution in [0.4, 0.5) is 0 Å². The molecular weight excluding hydrogens is 250 g/mol. The van der Waals surface area contributed by atoms with Gasteiger partial charge in [-0.3, -0.25) is 4.79 Å². The number of aryl methyl sites for hydroxylation is 1. The lowest BCUT2D eigenvalue weighted by atomic mass is 10.2. The first-order valence-corrected chi connectivity index (χ1v) is 6.42. The summed E-state index contributed by atoms with van der Waals surface area (Å²) in [4.78, 5) is 14.1. The molecule has 0 spiro atoms. The molecule has 2 heterocycles. The van der Waals surface area contributed by atoms with E-state index in [0.29, 0.717) is 12.1 Å². The monoisotopic (exact) mass is 265 g/mol. The number of thiophene rings is 1. The third-order valence-electron chi connectivity index (χ3n) is 2.59. The molecule has 2 rings (SSSR count). The van der Waals surface area contributed by atoms with Crippen molar-refractivity contribution in [2.45, 2.75) is 13.0 Å². The summed E-state index contributed by atoms with van der Waals surface area (Å²) in [6, 6.07) is 5.70. The Labute approximate surface area is 110 Å². The van der Waals surface area contributed by atoms with Crippen molar-refractivity contribution < 1.29 is 13.9 Å². The molecule has 0 saturated heterocycles. The van der Waals surface area contributed by atoms with E-state index in [1.54, 1.807) is 24.5 Å². The van der Waals surface area contributed by atoms with Gasteiger partial charge in [0, 0.05) is 23.4 Å². The summed E-state index contributed by atoms with van der Waals surface area (Å²) in [6.45, 7) is 2.49. The lowest BCUT2D eigenvalue weighted by Gasteiger charge is -2.14. The SMILES string of the molecule is CO[C@@H](CNC(=O)c1ccoc1)c1ccc(C)s1. The number of carbonyl (C=O) groups is 1. The van der Waals surface area contributed by atoms with E-state index in [-0.39, 0.29) is 12.0 Å². The lowest BCUT2D eigenvalue weighted by Crippen LogP contribution is -2.28. The van der Waals surface area contributed by atoms with Crippen LogP contribution in [0.5, 0.6) is 0 Å². The van der Waals surface area contributed by atoms with Crippen LogP contribution in [0.1, 0.15) is 26.2 Å². The molecule has 96 valence electrons. The van der Waals surface area contributed by atoms with E-state index in [9.17, 15) is 4.79 Å². The van der Waals surface area contributed by atoms with Crippen molar-refractivity contribution in [3.63, 3.8) is 0 Å². The van der Waals surface area contributed by atoms with Gasteiger partial charge in [-0.2, -0.15) is 0 Å². The predicted molar refractivity (Wildman–Crippen MR) is 69.8 cm³/mol. The van der Waals surface area contributed by atoms with Crippen molar-refractivity contribution in [3.05, 3.63) is 46.0 Å². The van der Waals surface area contributed by atoms with Crippen molar-refractivity contribution in [2.24, 2.45) is 0 Å². The summed E-state index contributed by atoms with van der Waals surface area (Å²) in [5.41, 5.74) is 0.521. The van der Waals surface area contributed by atoms with Crippen LogP contribution in [0.2, 0.25) is 0 Å². The fraction of sp³-hybridized carbons (Fsp3) is 0.308. The zero-order valence-electron chi connectivity index (χ0n) is 10.3. The smallest absolute Gasteiger partial charge is 0.254 e. The van der Waals surface area contributed by atoms with Crippen molar-refractivity contribution in [3.8, 4) is 0 Å². The van der Waals surface area contributed by atoms with Crippen LogP contribution in [0.3, 0.4) is 0 Å². The van der Waals surface area contributed by atoms with Crippen LogP contribution in [0, 0.1) is 6.92 Å². The van der Waals surface area contributed by atoms with Crippen molar-refractivity contribution >= 4 is 17.2 Å². The van der Waals surface area contributed by atoms with Crippen LogP contribution >= 0.6 is 11.3 Å². The maximum Gasteiger partial charge on any atom is 0.254 e. The van der Waals surface area contributed by atoms with Gasteiger partial charge in [-0.15, -0.1) is 11.3 Å². The van der Waals surface area contributed by atoms with Gasteiger partial charge in [-0.05, 0) is 25.1 Å². The van der Waals surface area contributed by atoms with Gasteiger partial charge in [0.2, 0.25) is 0 Å².